The third kappa shape index (κ3) is 5.63. The van der Waals surface area contributed by atoms with Crippen LogP contribution in [0.5, 0.6) is 0 Å². The Hall–Kier alpha value is -8.63. The van der Waals surface area contributed by atoms with E-state index in [0.717, 1.165) is 55.7 Å². The summed E-state index contributed by atoms with van der Waals surface area (Å²) in [5.74, 6) is 0.917. The van der Waals surface area contributed by atoms with E-state index < -0.39 is 16.1 Å². The molecule has 0 fully saturated rings. The summed E-state index contributed by atoms with van der Waals surface area (Å²) in [6, 6.07) is 87.5. The number of aromatic nitrogens is 3. The SMILES string of the molecule is c1ccc([Si](c2ccccc2)(c2cccc(N3c4ncccc4[Si](c4ccccc4)(c4ccccc4)c4ccc5c(oc6ccccc65)c43)c2)c2ccc3c4ccccc4n4ccnc4c3c2)cc1. The number of fused-ring (bicyclic) bond motifs is 12. The van der Waals surface area contributed by atoms with Crippen LogP contribution in [0.4, 0.5) is 17.2 Å². The van der Waals surface area contributed by atoms with E-state index in [1.807, 2.05) is 12.4 Å². The van der Waals surface area contributed by atoms with Gasteiger partial charge in [-0.05, 0) is 77.2 Å². The first-order valence-electron chi connectivity index (χ1n) is 23.6. The Morgan fingerprint density at radius 2 is 1.04 bits per heavy atom. The molecule has 0 saturated heterocycles. The van der Waals surface area contributed by atoms with Gasteiger partial charge >= 0.3 is 0 Å². The monoisotopic (exact) mass is 914 g/mol. The van der Waals surface area contributed by atoms with Gasteiger partial charge in [-0.2, -0.15) is 0 Å². The predicted octanol–water partition coefficient (Wildman–Crippen LogP) is 9.47. The van der Waals surface area contributed by atoms with Crippen molar-refractivity contribution in [2.45, 2.75) is 0 Å². The Balaban J connectivity index is 1.10. The zero-order chi connectivity index (χ0) is 45.5. The minimum absolute atomic E-state index is 0.860. The van der Waals surface area contributed by atoms with Gasteiger partial charge in [0.25, 0.3) is 0 Å². The van der Waals surface area contributed by atoms with Gasteiger partial charge in [-0.25, -0.2) is 9.97 Å². The molecule has 5 heterocycles. The van der Waals surface area contributed by atoms with Gasteiger partial charge < -0.3 is 4.42 Å². The van der Waals surface area contributed by atoms with Crippen LogP contribution < -0.4 is 46.4 Å². The molecule has 7 heteroatoms. The van der Waals surface area contributed by atoms with Crippen LogP contribution in [0.25, 0.3) is 49.3 Å². The van der Waals surface area contributed by atoms with Crippen molar-refractivity contribution in [1.82, 2.24) is 14.4 Å². The Kier molecular flexibility index (Phi) is 8.86. The third-order valence-electron chi connectivity index (χ3n) is 14.7. The Bertz CT molecular complexity index is 4020. The number of furan rings is 1. The summed E-state index contributed by atoms with van der Waals surface area (Å²) < 4.78 is 9.38. The van der Waals surface area contributed by atoms with Gasteiger partial charge in [0.15, 0.2) is 21.7 Å². The summed E-state index contributed by atoms with van der Waals surface area (Å²) in [4.78, 5) is 12.9. The van der Waals surface area contributed by atoms with Gasteiger partial charge in [-0.1, -0.05) is 206 Å². The molecule has 0 amide bonds. The third-order valence-corrected chi connectivity index (χ3v) is 24.3. The number of imidazole rings is 1. The lowest BCUT2D eigenvalue weighted by Crippen LogP contribution is -2.77. The van der Waals surface area contributed by atoms with Crippen LogP contribution in [0.3, 0.4) is 0 Å². The van der Waals surface area contributed by atoms with Gasteiger partial charge in [-0.3, -0.25) is 9.30 Å². The van der Waals surface area contributed by atoms with E-state index in [9.17, 15) is 0 Å². The molecule has 5 nitrogen and oxygen atoms in total. The maximum atomic E-state index is 7.14. The second kappa shape index (κ2) is 15.5. The van der Waals surface area contributed by atoms with Crippen molar-refractivity contribution in [2.24, 2.45) is 0 Å². The highest BCUT2D eigenvalue weighted by molar-refractivity contribution is 7.21. The number of rotatable bonds is 7. The van der Waals surface area contributed by atoms with E-state index in [-0.39, 0.29) is 0 Å². The quantitative estimate of drug-likeness (QED) is 0.0909. The number of anilines is 3. The molecule has 9 aromatic carbocycles. The molecule has 14 rings (SSSR count). The van der Waals surface area contributed by atoms with Gasteiger partial charge in [0.2, 0.25) is 0 Å². The standard InChI is InChI=1S/C62H42N4OSi2/c1-5-20-44(21-6-1)68(45-22-7-2-8-23-45,49-34-35-50-51-29-13-15-31-55(51)65-40-39-64-61(65)54(50)42-49)48-28-17-19-43(41-48)66-59-57(37-36-53-52-30-14-16-32-56(52)67-60(53)59)69(46-24-9-3-10-25-46,47-26-11-4-12-27-47)58-33-18-38-63-62(58)66/h1-42H. The van der Waals surface area contributed by atoms with Gasteiger partial charge in [0.05, 0.1) is 11.2 Å². The van der Waals surface area contributed by atoms with Crippen molar-refractivity contribution < 1.29 is 4.42 Å². The Labute approximate surface area is 400 Å². The molecule has 0 atom stereocenters. The average molecular weight is 915 g/mol. The van der Waals surface area contributed by atoms with Crippen LogP contribution >= 0.6 is 0 Å². The van der Waals surface area contributed by atoms with Crippen molar-refractivity contribution in [1.29, 1.82) is 0 Å². The van der Waals surface area contributed by atoms with E-state index >= 15 is 0 Å². The van der Waals surface area contributed by atoms with Crippen molar-refractivity contribution in [3.8, 4) is 0 Å². The summed E-state index contributed by atoms with van der Waals surface area (Å²) >= 11 is 0. The number of benzene rings is 9. The van der Waals surface area contributed by atoms with Crippen molar-refractivity contribution >= 4 is 124 Å². The van der Waals surface area contributed by atoms with Crippen LogP contribution in [0.15, 0.2) is 260 Å². The second-order valence-electron chi connectivity index (χ2n) is 18.1. The second-order valence-corrected chi connectivity index (χ2v) is 25.6. The fraction of sp³-hybridized carbons (Fsp3) is 0. The Morgan fingerprint density at radius 3 is 1.78 bits per heavy atom. The zero-order valence-electron chi connectivity index (χ0n) is 37.4. The highest BCUT2D eigenvalue weighted by Gasteiger charge is 2.51. The molecule has 0 aliphatic carbocycles. The van der Waals surface area contributed by atoms with Crippen LogP contribution in [-0.2, 0) is 0 Å². The fourth-order valence-corrected chi connectivity index (χ4v) is 21.7. The lowest BCUT2D eigenvalue weighted by atomic mass is 10.1. The topological polar surface area (TPSA) is 46.6 Å². The minimum atomic E-state index is -3.14. The van der Waals surface area contributed by atoms with Crippen LogP contribution in [-0.4, -0.2) is 30.5 Å². The summed E-state index contributed by atoms with van der Waals surface area (Å²) in [7, 11) is -6.19. The molecule has 0 spiro atoms. The van der Waals surface area contributed by atoms with Gasteiger partial charge in [0, 0.05) is 45.8 Å². The van der Waals surface area contributed by atoms with Gasteiger partial charge in [0.1, 0.15) is 17.0 Å². The molecule has 1 aliphatic heterocycles. The molecule has 0 N–H and O–H groups in total. The number of nitrogens with zero attached hydrogens (tertiary/aromatic N) is 4. The molecule has 0 bridgehead atoms. The largest absolute Gasteiger partial charge is 0.454 e. The highest BCUT2D eigenvalue weighted by Crippen LogP contribution is 2.44. The van der Waals surface area contributed by atoms with E-state index in [2.05, 4.69) is 252 Å². The normalized spacial score (nSPS) is 13.3. The van der Waals surface area contributed by atoms with Crippen molar-refractivity contribution in [2.75, 3.05) is 4.90 Å². The number of hydrogen-bond acceptors (Lipinski definition) is 4. The maximum Gasteiger partial charge on any atom is 0.186 e. The molecular weight excluding hydrogens is 873 g/mol. The minimum Gasteiger partial charge on any atom is -0.454 e. The van der Waals surface area contributed by atoms with Crippen LogP contribution in [0.1, 0.15) is 0 Å². The Morgan fingerprint density at radius 1 is 0.420 bits per heavy atom. The molecule has 69 heavy (non-hydrogen) atoms. The first-order chi connectivity index (χ1) is 34.2. The zero-order valence-corrected chi connectivity index (χ0v) is 39.4. The summed E-state index contributed by atoms with van der Waals surface area (Å²) in [6.45, 7) is 0. The smallest absolute Gasteiger partial charge is 0.186 e. The molecule has 0 radical (unpaired) electrons. The van der Waals surface area contributed by atoms with E-state index in [1.165, 1.54) is 52.3 Å². The molecule has 0 unspecified atom stereocenters. The van der Waals surface area contributed by atoms with E-state index in [4.69, 9.17) is 14.4 Å². The molecule has 4 aromatic heterocycles. The van der Waals surface area contributed by atoms with Crippen LogP contribution in [0.2, 0.25) is 0 Å². The molecule has 0 saturated carbocycles. The van der Waals surface area contributed by atoms with Gasteiger partial charge in [-0.15, -0.1) is 0 Å². The first-order valence-corrected chi connectivity index (χ1v) is 27.6. The fourth-order valence-electron chi connectivity index (χ4n) is 11.9. The lowest BCUT2D eigenvalue weighted by Gasteiger charge is -2.44. The molecule has 324 valence electrons. The summed E-state index contributed by atoms with van der Waals surface area (Å²) in [5, 5.41) is 15.9. The molecular formula is C62H42N4OSi2. The van der Waals surface area contributed by atoms with Crippen molar-refractivity contribution in [3.63, 3.8) is 0 Å². The average Bonchev–Trinajstić information content (AvgIpc) is 4.08. The number of pyridine rings is 2. The van der Waals surface area contributed by atoms with Crippen LogP contribution in [0, 0.1) is 0 Å². The van der Waals surface area contributed by atoms with Crippen molar-refractivity contribution in [3.05, 3.63) is 255 Å². The summed E-state index contributed by atoms with van der Waals surface area (Å²) in [6.07, 6.45) is 5.96. The highest BCUT2D eigenvalue weighted by atomic mass is 28.3. The number of para-hydroxylation sites is 2. The lowest BCUT2D eigenvalue weighted by molar-refractivity contribution is 0.669. The first kappa shape index (κ1) is 39.5. The molecule has 13 aromatic rings. The van der Waals surface area contributed by atoms with E-state index in [1.54, 1.807) is 0 Å². The molecule has 1 aliphatic rings. The van der Waals surface area contributed by atoms with E-state index in [0.29, 0.717) is 0 Å². The maximum absolute atomic E-state index is 7.14. The summed E-state index contributed by atoms with van der Waals surface area (Å²) in [5.41, 5.74) is 5.89. The predicted molar refractivity (Wildman–Crippen MR) is 291 cm³/mol. The number of hydrogen-bond donors (Lipinski definition) is 0.